The molecule has 0 aromatic carbocycles. The van der Waals surface area contributed by atoms with E-state index >= 15 is 0 Å². The van der Waals surface area contributed by atoms with Gasteiger partial charge in [-0.2, -0.15) is 0 Å². The minimum atomic E-state index is 0. The monoisotopic (exact) mass is 164 g/mol. The Morgan fingerprint density at radius 3 is 1.33 bits per heavy atom. The second kappa shape index (κ2) is 43.5. The summed E-state index contributed by atoms with van der Waals surface area (Å²) in [5.41, 5.74) is 7.19. The summed E-state index contributed by atoms with van der Waals surface area (Å²) in [6, 6.07) is 0. The zero-order valence-electron chi connectivity index (χ0n) is 2.47. The Hall–Kier alpha value is 0.704. The summed E-state index contributed by atoms with van der Waals surface area (Å²) in [6.45, 7) is 0. The van der Waals surface area contributed by atoms with Gasteiger partial charge < -0.3 is 10.6 Å². The van der Waals surface area contributed by atoms with Crippen molar-refractivity contribution in [1.82, 2.24) is 0 Å². The summed E-state index contributed by atoms with van der Waals surface area (Å²) >= 11 is 0. The molecule has 0 heterocycles. The topological polar surface area (TPSA) is 34.7 Å². The van der Waals surface area contributed by atoms with E-state index in [1.54, 1.807) is 0 Å². The first kappa shape index (κ1) is 29.8. The van der Waals surface area contributed by atoms with E-state index in [4.69, 9.17) is 5.53 Å². The van der Waals surface area contributed by atoms with Crippen molar-refractivity contribution < 1.29 is 32.7 Å². The molecule has 0 aliphatic rings. The molecule has 0 rings (SSSR count). The van der Waals surface area contributed by atoms with Crippen LogP contribution in [0.25, 0.3) is 5.53 Å². The third-order valence-corrected chi connectivity index (χ3v) is 0. The fourth-order valence-electron chi connectivity index (χ4n) is 0. The zero-order chi connectivity index (χ0) is 2.71. The molecule has 0 N–H and O–H groups in total. The van der Waals surface area contributed by atoms with Crippen LogP contribution in [0, 0.1) is 0 Å². The molecular weight excluding hydrogens is 153 g/mol. The summed E-state index contributed by atoms with van der Waals surface area (Å²) in [7, 11) is 1.31. The summed E-state index contributed by atoms with van der Waals surface area (Å²) in [6.07, 6.45) is 0. The van der Waals surface area contributed by atoms with Gasteiger partial charge in [-0.05, 0) is 0 Å². The van der Waals surface area contributed by atoms with Gasteiger partial charge in [-0.15, -0.1) is 0 Å². The molecule has 0 aliphatic carbocycles. The van der Waals surface area contributed by atoms with E-state index in [1.165, 1.54) is 7.05 Å². The van der Waals surface area contributed by atoms with Crippen molar-refractivity contribution in [2.75, 3.05) is 7.05 Å². The first-order chi connectivity index (χ1) is 1.41. The second-order valence-corrected chi connectivity index (χ2v) is 0.200. The van der Waals surface area contributed by atoms with Crippen molar-refractivity contribution in [3.05, 3.63) is 5.53 Å². The molecule has 0 aromatic rings. The van der Waals surface area contributed by atoms with E-state index in [-0.39, 0.29) is 47.6 Å². The van der Waals surface area contributed by atoms with Crippen LogP contribution in [0.2, 0.25) is 0 Å². The summed E-state index contributed by atoms with van der Waals surface area (Å²) < 4.78 is 0. The number of nitrogens with zero attached hydrogens (tertiary/aromatic N) is 2. The molecule has 0 saturated heterocycles. The van der Waals surface area contributed by atoms with Crippen molar-refractivity contribution in [2.45, 2.75) is 14.9 Å². The predicted octanol–water partition coefficient (Wildman–Crippen LogP) is 1.91. The molecule has 3 heteroatoms. The SMILES string of the molecule is C.C.CN=[N-].[Y]. The van der Waals surface area contributed by atoms with Gasteiger partial charge >= 0.3 is 0 Å². The normalized spacial score (nSPS) is 2.17. The molecule has 1 radical (unpaired) electrons. The quantitative estimate of drug-likeness (QED) is 0.490. The van der Waals surface area contributed by atoms with Crippen LogP contribution >= 0.6 is 0 Å². The molecule has 2 nitrogen and oxygen atoms in total. The third kappa shape index (κ3) is 130. The molecule has 0 aliphatic heterocycles. The van der Waals surface area contributed by atoms with Gasteiger partial charge in [0.25, 0.3) is 0 Å². The molecule has 0 aromatic heterocycles. The standard InChI is InChI=1S/CH3N2.2CH4.Y/c1-3-2;;;/h1H3;2*1H4;/q-1;;;. The summed E-state index contributed by atoms with van der Waals surface area (Å²) in [5, 5.41) is 2.50. The molecule has 37 valence electrons. The molecule has 0 saturated carbocycles. The average Bonchev–Trinajstić information content (AvgIpc) is 0.918. The largest absolute Gasteiger partial charge is 0.712 e. The van der Waals surface area contributed by atoms with Crippen molar-refractivity contribution in [3.63, 3.8) is 0 Å². The van der Waals surface area contributed by atoms with Crippen LogP contribution in [-0.4, -0.2) is 7.05 Å². The van der Waals surface area contributed by atoms with E-state index in [0.29, 0.717) is 0 Å². The third-order valence-electron chi connectivity index (χ3n) is 0. The van der Waals surface area contributed by atoms with Crippen LogP contribution in [-0.2, 0) is 32.7 Å². The van der Waals surface area contributed by atoms with Gasteiger partial charge in [0.15, 0.2) is 0 Å². The maximum atomic E-state index is 7.19. The van der Waals surface area contributed by atoms with E-state index in [0.717, 1.165) is 0 Å². The average molecular weight is 164 g/mol. The van der Waals surface area contributed by atoms with Crippen LogP contribution in [0.3, 0.4) is 0 Å². The smallest absolute Gasteiger partial charge is 0.00381 e. The first-order valence-electron chi connectivity index (χ1n) is 0.647. The molecule has 0 unspecified atom stereocenters. The van der Waals surface area contributed by atoms with E-state index in [1.807, 2.05) is 0 Å². The molecule has 6 heavy (non-hydrogen) atoms. The van der Waals surface area contributed by atoms with Crippen LogP contribution in [0.1, 0.15) is 14.9 Å². The molecule has 0 fully saturated rings. The molecular formula is C3H11N2Y-. The number of hydrogen-bond acceptors (Lipinski definition) is 1. The zero-order valence-corrected chi connectivity index (χ0v) is 5.31. The van der Waals surface area contributed by atoms with Gasteiger partial charge in [0.2, 0.25) is 0 Å². The van der Waals surface area contributed by atoms with Gasteiger partial charge in [0.1, 0.15) is 0 Å². The maximum absolute atomic E-state index is 7.19. The number of rotatable bonds is 0. The fraction of sp³-hybridized carbons (Fsp3) is 1.00. The maximum Gasteiger partial charge on any atom is 0.00381 e. The van der Waals surface area contributed by atoms with Gasteiger partial charge in [-0.1, -0.05) is 14.9 Å². The van der Waals surface area contributed by atoms with Crippen molar-refractivity contribution in [3.8, 4) is 0 Å². The second-order valence-electron chi connectivity index (χ2n) is 0.200. The molecule has 0 bridgehead atoms. The Labute approximate surface area is 65.1 Å². The van der Waals surface area contributed by atoms with Crippen LogP contribution in [0.5, 0.6) is 0 Å². The number of hydrogen-bond donors (Lipinski definition) is 0. The van der Waals surface area contributed by atoms with Crippen molar-refractivity contribution >= 4 is 0 Å². The van der Waals surface area contributed by atoms with E-state index in [2.05, 4.69) is 5.11 Å². The molecule has 0 atom stereocenters. The summed E-state index contributed by atoms with van der Waals surface area (Å²) in [4.78, 5) is 0. The molecule has 0 amide bonds. The Kier molecular flexibility index (Phi) is 216. The Morgan fingerprint density at radius 1 is 1.33 bits per heavy atom. The predicted molar refractivity (Wildman–Crippen MR) is 25.2 cm³/mol. The Bertz CT molecular complexity index is 16.3. The minimum Gasteiger partial charge on any atom is -0.712 e. The molecule has 0 spiro atoms. The van der Waals surface area contributed by atoms with Crippen LogP contribution in [0.15, 0.2) is 5.11 Å². The van der Waals surface area contributed by atoms with E-state index in [9.17, 15) is 0 Å². The fourth-order valence-corrected chi connectivity index (χ4v) is 0. The Morgan fingerprint density at radius 2 is 1.33 bits per heavy atom. The van der Waals surface area contributed by atoms with E-state index < -0.39 is 0 Å². The van der Waals surface area contributed by atoms with Gasteiger partial charge in [-0.3, -0.25) is 0 Å². The van der Waals surface area contributed by atoms with Gasteiger partial charge in [-0.25, -0.2) is 0 Å². The van der Waals surface area contributed by atoms with Gasteiger partial charge in [0.05, 0.1) is 0 Å². The Balaban J connectivity index is -0.00000000667. The van der Waals surface area contributed by atoms with Crippen LogP contribution < -0.4 is 0 Å². The van der Waals surface area contributed by atoms with Crippen LogP contribution in [0.4, 0.5) is 0 Å². The first-order valence-corrected chi connectivity index (χ1v) is 0.647. The van der Waals surface area contributed by atoms with Crippen molar-refractivity contribution in [1.29, 1.82) is 0 Å². The summed E-state index contributed by atoms with van der Waals surface area (Å²) in [5.74, 6) is 0. The van der Waals surface area contributed by atoms with Crippen molar-refractivity contribution in [2.24, 2.45) is 5.11 Å². The minimum absolute atomic E-state index is 0. The van der Waals surface area contributed by atoms with Gasteiger partial charge in [0, 0.05) is 39.8 Å².